The largest absolute Gasteiger partial charge is 0.357 e. The minimum absolute atomic E-state index is 0.0565. The molecule has 3 N–H and O–H groups in total. The number of halogens is 2. The molecule has 0 atom stereocenters. The summed E-state index contributed by atoms with van der Waals surface area (Å²) < 4.78 is 13.2. The standard InChI is InChI=1S/C17H26ClFN4O/c1-5-20-15(24)10-22-16(21-6-2)23-11-17(3,4)13-8-7-12(19)9-14(13)18/h7-9H,5-6,10-11H2,1-4H3,(H,20,24)(H2,21,22,23). The molecule has 0 saturated heterocycles. The molecule has 0 unspecified atom stereocenters. The molecule has 0 bridgehead atoms. The van der Waals surface area contributed by atoms with Gasteiger partial charge in [-0.3, -0.25) is 4.79 Å². The van der Waals surface area contributed by atoms with Crippen molar-refractivity contribution >= 4 is 23.5 Å². The summed E-state index contributed by atoms with van der Waals surface area (Å²) in [5, 5.41) is 9.39. The third-order valence-electron chi connectivity index (χ3n) is 3.46. The summed E-state index contributed by atoms with van der Waals surface area (Å²) in [6, 6.07) is 4.41. The van der Waals surface area contributed by atoms with E-state index < -0.39 is 0 Å². The molecule has 5 nitrogen and oxygen atoms in total. The van der Waals surface area contributed by atoms with Crippen LogP contribution < -0.4 is 16.0 Å². The lowest BCUT2D eigenvalue weighted by Gasteiger charge is -2.27. The van der Waals surface area contributed by atoms with Crippen LogP contribution in [0, 0.1) is 5.82 Å². The van der Waals surface area contributed by atoms with Gasteiger partial charge in [0.2, 0.25) is 5.91 Å². The first-order valence-electron chi connectivity index (χ1n) is 8.04. The summed E-state index contributed by atoms with van der Waals surface area (Å²) >= 11 is 6.16. The van der Waals surface area contributed by atoms with Gasteiger partial charge in [0.05, 0.1) is 0 Å². The van der Waals surface area contributed by atoms with Crippen molar-refractivity contribution in [2.45, 2.75) is 33.1 Å². The van der Waals surface area contributed by atoms with Gasteiger partial charge in [-0.05, 0) is 31.5 Å². The van der Waals surface area contributed by atoms with Crippen LogP contribution in [0.4, 0.5) is 4.39 Å². The smallest absolute Gasteiger partial charge is 0.241 e. The SMILES string of the molecule is CCNC(=O)CN=C(NCC)NCC(C)(C)c1ccc(F)cc1Cl. The second-order valence-electron chi connectivity index (χ2n) is 6.01. The van der Waals surface area contributed by atoms with Crippen LogP contribution in [0.15, 0.2) is 23.2 Å². The molecule has 0 saturated carbocycles. The molecule has 24 heavy (non-hydrogen) atoms. The summed E-state index contributed by atoms with van der Waals surface area (Å²) in [7, 11) is 0. The van der Waals surface area contributed by atoms with E-state index in [0.29, 0.717) is 30.6 Å². The van der Waals surface area contributed by atoms with Crippen molar-refractivity contribution in [3.63, 3.8) is 0 Å². The van der Waals surface area contributed by atoms with Gasteiger partial charge in [-0.2, -0.15) is 0 Å². The number of carbonyl (C=O) groups is 1. The highest BCUT2D eigenvalue weighted by atomic mass is 35.5. The van der Waals surface area contributed by atoms with E-state index in [1.165, 1.54) is 12.1 Å². The molecule has 0 radical (unpaired) electrons. The van der Waals surface area contributed by atoms with Crippen LogP contribution in [-0.4, -0.2) is 38.0 Å². The van der Waals surface area contributed by atoms with E-state index in [-0.39, 0.29) is 23.7 Å². The number of carbonyl (C=O) groups excluding carboxylic acids is 1. The fourth-order valence-corrected chi connectivity index (χ4v) is 2.61. The Kier molecular flexibility index (Phi) is 7.98. The Morgan fingerprint density at radius 3 is 2.46 bits per heavy atom. The van der Waals surface area contributed by atoms with Crippen molar-refractivity contribution in [3.05, 3.63) is 34.6 Å². The lowest BCUT2D eigenvalue weighted by molar-refractivity contribution is -0.119. The first-order valence-corrected chi connectivity index (χ1v) is 8.42. The van der Waals surface area contributed by atoms with Gasteiger partial charge in [-0.25, -0.2) is 9.38 Å². The van der Waals surface area contributed by atoms with Crippen LogP contribution >= 0.6 is 11.6 Å². The molecule has 1 amide bonds. The molecule has 7 heteroatoms. The summed E-state index contributed by atoms with van der Waals surface area (Å²) in [5.74, 6) is 0.0648. The lowest BCUT2D eigenvalue weighted by Crippen LogP contribution is -2.44. The quantitative estimate of drug-likeness (QED) is 0.519. The van der Waals surface area contributed by atoms with E-state index in [2.05, 4.69) is 20.9 Å². The Balaban J connectivity index is 2.77. The minimum Gasteiger partial charge on any atom is -0.357 e. The molecule has 1 rings (SSSR count). The Morgan fingerprint density at radius 2 is 1.88 bits per heavy atom. The highest BCUT2D eigenvalue weighted by Crippen LogP contribution is 2.29. The number of aliphatic imine (C=N–C) groups is 1. The molecule has 1 aromatic carbocycles. The second kappa shape index (κ2) is 9.47. The van der Waals surface area contributed by atoms with E-state index >= 15 is 0 Å². The maximum Gasteiger partial charge on any atom is 0.241 e. The fourth-order valence-electron chi connectivity index (χ4n) is 2.18. The molecule has 1 aromatic rings. The third kappa shape index (κ3) is 6.35. The van der Waals surface area contributed by atoms with Gasteiger partial charge in [0, 0.05) is 30.1 Å². The van der Waals surface area contributed by atoms with E-state index in [1.807, 2.05) is 27.7 Å². The number of likely N-dealkylation sites (N-methyl/N-ethyl adjacent to an activating group) is 1. The summed E-state index contributed by atoms with van der Waals surface area (Å²) in [6.07, 6.45) is 0. The monoisotopic (exact) mass is 356 g/mol. The third-order valence-corrected chi connectivity index (χ3v) is 3.77. The van der Waals surface area contributed by atoms with Crippen molar-refractivity contribution < 1.29 is 9.18 Å². The maximum atomic E-state index is 13.2. The Hall–Kier alpha value is -1.82. The van der Waals surface area contributed by atoms with Crippen LogP contribution in [0.25, 0.3) is 0 Å². The average molecular weight is 357 g/mol. The molecule has 0 aliphatic carbocycles. The topological polar surface area (TPSA) is 65.5 Å². The zero-order valence-corrected chi connectivity index (χ0v) is 15.4. The van der Waals surface area contributed by atoms with Crippen molar-refractivity contribution in [2.24, 2.45) is 4.99 Å². The highest BCUT2D eigenvalue weighted by molar-refractivity contribution is 6.31. The first kappa shape index (κ1) is 20.2. The Bertz CT molecular complexity index is 590. The number of nitrogens with one attached hydrogen (secondary N) is 3. The van der Waals surface area contributed by atoms with E-state index in [4.69, 9.17) is 11.6 Å². The zero-order valence-electron chi connectivity index (χ0n) is 14.7. The number of amides is 1. The van der Waals surface area contributed by atoms with E-state index in [1.54, 1.807) is 6.07 Å². The molecule has 0 heterocycles. The van der Waals surface area contributed by atoms with E-state index in [9.17, 15) is 9.18 Å². The van der Waals surface area contributed by atoms with Gasteiger partial charge in [0.15, 0.2) is 5.96 Å². The Morgan fingerprint density at radius 1 is 1.21 bits per heavy atom. The average Bonchev–Trinajstić information content (AvgIpc) is 2.50. The number of benzene rings is 1. The molecular formula is C17H26ClFN4O. The van der Waals surface area contributed by atoms with Gasteiger partial charge in [0.1, 0.15) is 12.4 Å². The normalized spacial score (nSPS) is 12.0. The van der Waals surface area contributed by atoms with Crippen molar-refractivity contribution in [3.8, 4) is 0 Å². The van der Waals surface area contributed by atoms with Crippen LogP contribution in [-0.2, 0) is 10.2 Å². The molecule has 134 valence electrons. The number of guanidine groups is 1. The molecule has 0 aliphatic rings. The van der Waals surface area contributed by atoms with Crippen molar-refractivity contribution in [2.75, 3.05) is 26.2 Å². The van der Waals surface area contributed by atoms with Crippen LogP contribution in [0.2, 0.25) is 5.02 Å². The second-order valence-corrected chi connectivity index (χ2v) is 6.42. The summed E-state index contributed by atoms with van der Waals surface area (Å²) in [6.45, 7) is 9.66. The number of rotatable bonds is 7. The van der Waals surface area contributed by atoms with Gasteiger partial charge in [-0.1, -0.05) is 31.5 Å². The highest BCUT2D eigenvalue weighted by Gasteiger charge is 2.24. The van der Waals surface area contributed by atoms with Crippen LogP contribution in [0.3, 0.4) is 0 Å². The maximum absolute atomic E-state index is 13.2. The molecular weight excluding hydrogens is 331 g/mol. The Labute approximate surface area is 148 Å². The minimum atomic E-state index is -0.357. The van der Waals surface area contributed by atoms with Gasteiger partial charge in [-0.15, -0.1) is 0 Å². The summed E-state index contributed by atoms with van der Waals surface area (Å²) in [5.41, 5.74) is 0.504. The molecule has 0 aliphatic heterocycles. The van der Waals surface area contributed by atoms with E-state index in [0.717, 1.165) is 5.56 Å². The summed E-state index contributed by atoms with van der Waals surface area (Å²) in [4.78, 5) is 15.8. The van der Waals surface area contributed by atoms with Crippen molar-refractivity contribution in [1.82, 2.24) is 16.0 Å². The van der Waals surface area contributed by atoms with Gasteiger partial charge < -0.3 is 16.0 Å². The predicted molar refractivity (Wildman–Crippen MR) is 97.1 cm³/mol. The molecule has 0 aromatic heterocycles. The zero-order chi connectivity index (χ0) is 18.2. The number of hydrogen-bond donors (Lipinski definition) is 3. The predicted octanol–water partition coefficient (Wildman–Crippen LogP) is 2.45. The first-order chi connectivity index (χ1) is 11.3. The van der Waals surface area contributed by atoms with Gasteiger partial charge in [0.25, 0.3) is 0 Å². The van der Waals surface area contributed by atoms with Gasteiger partial charge >= 0.3 is 0 Å². The molecule has 0 spiro atoms. The number of hydrogen-bond acceptors (Lipinski definition) is 2. The lowest BCUT2D eigenvalue weighted by atomic mass is 9.84. The van der Waals surface area contributed by atoms with Crippen LogP contribution in [0.1, 0.15) is 33.3 Å². The molecule has 0 fully saturated rings. The fraction of sp³-hybridized carbons (Fsp3) is 0.529. The van der Waals surface area contributed by atoms with Crippen molar-refractivity contribution in [1.29, 1.82) is 0 Å². The van der Waals surface area contributed by atoms with Crippen LogP contribution in [0.5, 0.6) is 0 Å². The number of nitrogens with zero attached hydrogens (tertiary/aromatic N) is 1.